The lowest BCUT2D eigenvalue weighted by atomic mass is 10.1. The molecule has 2 heterocycles. The quantitative estimate of drug-likeness (QED) is 0.529. The second kappa shape index (κ2) is 9.89. The van der Waals surface area contributed by atoms with Gasteiger partial charge in [-0.05, 0) is 49.9 Å². The van der Waals surface area contributed by atoms with Gasteiger partial charge < -0.3 is 10.6 Å². The highest BCUT2D eigenvalue weighted by Crippen LogP contribution is 2.24. The van der Waals surface area contributed by atoms with Crippen LogP contribution in [0.5, 0.6) is 0 Å². The molecule has 0 fully saturated rings. The highest BCUT2D eigenvalue weighted by atomic mass is 35.5. The summed E-state index contributed by atoms with van der Waals surface area (Å²) in [7, 11) is 0. The van der Waals surface area contributed by atoms with Crippen molar-refractivity contribution in [3.8, 4) is 5.69 Å². The number of aromatic amines is 1. The molecule has 0 aliphatic carbocycles. The summed E-state index contributed by atoms with van der Waals surface area (Å²) in [5, 5.41) is 5.03. The Kier molecular flexibility index (Phi) is 7.35. The summed E-state index contributed by atoms with van der Waals surface area (Å²) in [6.45, 7) is 12.0. The molecular formula is C24H31ClN6O3. The predicted octanol–water partition coefficient (Wildman–Crippen LogP) is 3.53. The highest BCUT2D eigenvalue weighted by Gasteiger charge is 2.26. The number of aromatic nitrogens is 4. The maximum Gasteiger partial charge on any atom is 0.330 e. The molecule has 0 radical (unpaired) electrons. The number of anilines is 2. The predicted molar refractivity (Wildman–Crippen MR) is 135 cm³/mol. The number of halogens is 1. The largest absolute Gasteiger partial charge is 0.383 e. The monoisotopic (exact) mass is 486 g/mol. The second-order valence-electron chi connectivity index (χ2n) is 9.25. The maximum absolute atomic E-state index is 13.6. The minimum absolute atomic E-state index is 0.0200. The fourth-order valence-corrected chi connectivity index (χ4v) is 3.92. The molecule has 182 valence electrons. The van der Waals surface area contributed by atoms with Crippen LogP contribution < -0.4 is 21.9 Å². The van der Waals surface area contributed by atoms with Gasteiger partial charge in [-0.15, -0.1) is 0 Å². The lowest BCUT2D eigenvalue weighted by Gasteiger charge is -2.26. The molecule has 0 atom stereocenters. The van der Waals surface area contributed by atoms with E-state index < -0.39 is 17.2 Å². The van der Waals surface area contributed by atoms with E-state index in [1.807, 2.05) is 41.5 Å². The van der Waals surface area contributed by atoms with Crippen molar-refractivity contribution in [3.05, 3.63) is 67.1 Å². The number of nitrogens with two attached hydrogens (primary N) is 1. The van der Waals surface area contributed by atoms with Crippen LogP contribution in [0.2, 0.25) is 5.02 Å². The maximum atomic E-state index is 13.6. The molecule has 9 nitrogen and oxygen atoms in total. The first kappa shape index (κ1) is 25.3. The van der Waals surface area contributed by atoms with Crippen molar-refractivity contribution in [3.63, 3.8) is 0 Å². The number of H-pyrrole nitrogens is 1. The van der Waals surface area contributed by atoms with Crippen molar-refractivity contribution in [2.45, 2.75) is 48.1 Å². The molecule has 0 bridgehead atoms. The van der Waals surface area contributed by atoms with Gasteiger partial charge in [0.25, 0.3) is 11.5 Å². The molecule has 3 aromatic rings. The summed E-state index contributed by atoms with van der Waals surface area (Å²) in [6, 6.07) is 6.88. The van der Waals surface area contributed by atoms with E-state index in [4.69, 9.17) is 17.3 Å². The van der Waals surface area contributed by atoms with E-state index in [1.165, 1.54) is 9.47 Å². The summed E-state index contributed by atoms with van der Waals surface area (Å²) in [5.74, 6) is -0.253. The summed E-state index contributed by atoms with van der Waals surface area (Å²) in [6.07, 6.45) is 0. The number of amides is 1. The lowest BCUT2D eigenvalue weighted by molar-refractivity contribution is 0.0983. The van der Waals surface area contributed by atoms with E-state index in [2.05, 4.69) is 10.1 Å². The molecule has 0 aliphatic heterocycles. The zero-order valence-corrected chi connectivity index (χ0v) is 21.1. The van der Waals surface area contributed by atoms with Crippen LogP contribution in [0.1, 0.15) is 49.4 Å². The Bertz CT molecular complexity index is 1320. The number of hydrogen-bond donors (Lipinski definition) is 2. The summed E-state index contributed by atoms with van der Waals surface area (Å²) in [4.78, 5) is 42.4. The van der Waals surface area contributed by atoms with Crippen LogP contribution in [-0.4, -0.2) is 31.8 Å². The molecule has 3 rings (SSSR count). The van der Waals surface area contributed by atoms with Gasteiger partial charge in [0.05, 0.1) is 22.1 Å². The van der Waals surface area contributed by atoms with Crippen LogP contribution >= 0.6 is 11.6 Å². The van der Waals surface area contributed by atoms with Gasteiger partial charge in [0, 0.05) is 18.7 Å². The molecule has 0 unspecified atom stereocenters. The van der Waals surface area contributed by atoms with Crippen LogP contribution in [0.25, 0.3) is 5.69 Å². The van der Waals surface area contributed by atoms with Gasteiger partial charge in [-0.2, -0.15) is 5.10 Å². The van der Waals surface area contributed by atoms with Gasteiger partial charge in [-0.3, -0.25) is 19.1 Å². The van der Waals surface area contributed by atoms with E-state index >= 15 is 0 Å². The molecule has 3 N–H and O–H groups in total. The van der Waals surface area contributed by atoms with Gasteiger partial charge in [0.15, 0.2) is 5.69 Å². The minimum Gasteiger partial charge on any atom is -0.383 e. The third-order valence-electron chi connectivity index (χ3n) is 5.39. The molecule has 2 aromatic heterocycles. The normalized spacial score (nSPS) is 11.4. The van der Waals surface area contributed by atoms with E-state index in [0.717, 1.165) is 11.4 Å². The average Bonchev–Trinajstić information content (AvgIpc) is 3.02. The first-order valence-corrected chi connectivity index (χ1v) is 11.6. The van der Waals surface area contributed by atoms with Crippen LogP contribution in [0, 0.1) is 25.7 Å². The van der Waals surface area contributed by atoms with Gasteiger partial charge in [0.2, 0.25) is 0 Å². The molecule has 34 heavy (non-hydrogen) atoms. The Morgan fingerprint density at radius 1 is 1.12 bits per heavy atom. The van der Waals surface area contributed by atoms with Crippen molar-refractivity contribution in [2.75, 3.05) is 17.2 Å². The zero-order chi connectivity index (χ0) is 25.3. The molecule has 1 amide bonds. The molecule has 0 aliphatic rings. The summed E-state index contributed by atoms with van der Waals surface area (Å²) < 4.78 is 3.01. The van der Waals surface area contributed by atoms with Crippen molar-refractivity contribution in [2.24, 2.45) is 11.8 Å². The standard InChI is InChI=1S/C24H31ClN6O3/c1-13(2)11-29(20-21(26)30(12-14(3)4)24(34)27-22(20)32)23(33)17-7-9-18(10-8-17)31-16(6)19(25)15(5)28-31/h7-10,13-14H,11-12,26H2,1-6H3,(H,27,32,34). The molecular weight excluding hydrogens is 456 g/mol. The van der Waals surface area contributed by atoms with Crippen molar-refractivity contribution >= 4 is 29.0 Å². The number of aryl methyl sites for hydroxylation is 1. The minimum atomic E-state index is -0.689. The number of hydrogen-bond acceptors (Lipinski definition) is 5. The Hall–Kier alpha value is -3.33. The number of nitrogen functional groups attached to an aromatic ring is 1. The Balaban J connectivity index is 2.06. The smallest absolute Gasteiger partial charge is 0.330 e. The molecule has 0 spiro atoms. The molecule has 0 saturated carbocycles. The number of carbonyl (C=O) groups is 1. The van der Waals surface area contributed by atoms with Crippen molar-refractivity contribution in [1.82, 2.24) is 19.3 Å². The highest BCUT2D eigenvalue weighted by molar-refractivity contribution is 6.31. The molecule has 1 aromatic carbocycles. The third kappa shape index (κ3) is 4.94. The number of carbonyl (C=O) groups excluding carboxylic acids is 1. The molecule has 10 heteroatoms. The Labute approximate surface area is 203 Å². The van der Waals surface area contributed by atoms with E-state index in [1.54, 1.807) is 28.9 Å². The van der Waals surface area contributed by atoms with Crippen LogP contribution in [-0.2, 0) is 6.54 Å². The van der Waals surface area contributed by atoms with Gasteiger partial charge >= 0.3 is 5.69 Å². The summed E-state index contributed by atoms with van der Waals surface area (Å²) in [5.41, 5.74) is 7.62. The fourth-order valence-electron chi connectivity index (χ4n) is 3.80. The van der Waals surface area contributed by atoms with E-state index in [-0.39, 0.29) is 29.9 Å². The van der Waals surface area contributed by atoms with Gasteiger partial charge in [-0.1, -0.05) is 39.3 Å². The van der Waals surface area contributed by atoms with Gasteiger partial charge in [-0.25, -0.2) is 9.48 Å². The number of nitrogens with one attached hydrogen (secondary N) is 1. The SMILES string of the molecule is Cc1nn(-c2ccc(C(=O)N(CC(C)C)c3c(N)n(CC(C)C)c(=O)[nH]c3=O)cc2)c(C)c1Cl. The van der Waals surface area contributed by atoms with Crippen molar-refractivity contribution in [1.29, 1.82) is 0 Å². The molecule has 0 saturated heterocycles. The summed E-state index contributed by atoms with van der Waals surface area (Å²) >= 11 is 6.26. The van der Waals surface area contributed by atoms with Crippen molar-refractivity contribution < 1.29 is 4.79 Å². The topological polar surface area (TPSA) is 119 Å². The number of rotatable bonds is 7. The van der Waals surface area contributed by atoms with Crippen LogP contribution in [0.3, 0.4) is 0 Å². The third-order valence-corrected chi connectivity index (χ3v) is 5.93. The second-order valence-corrected chi connectivity index (χ2v) is 9.63. The van der Waals surface area contributed by atoms with E-state index in [9.17, 15) is 14.4 Å². The first-order chi connectivity index (χ1) is 15.9. The number of nitrogens with zero attached hydrogens (tertiary/aromatic N) is 4. The number of benzene rings is 1. The average molecular weight is 487 g/mol. The fraction of sp³-hybridized carbons (Fsp3) is 0.417. The Morgan fingerprint density at radius 2 is 1.74 bits per heavy atom. The Morgan fingerprint density at radius 3 is 2.24 bits per heavy atom. The lowest BCUT2D eigenvalue weighted by Crippen LogP contribution is -2.43. The van der Waals surface area contributed by atoms with Gasteiger partial charge in [0.1, 0.15) is 5.82 Å². The van der Waals surface area contributed by atoms with Crippen LogP contribution in [0.4, 0.5) is 11.5 Å². The first-order valence-electron chi connectivity index (χ1n) is 11.2. The van der Waals surface area contributed by atoms with Crippen LogP contribution in [0.15, 0.2) is 33.9 Å². The zero-order valence-electron chi connectivity index (χ0n) is 20.3. The van der Waals surface area contributed by atoms with E-state index in [0.29, 0.717) is 22.8 Å².